The van der Waals surface area contributed by atoms with E-state index in [1.165, 1.54) is 16.5 Å². The molecule has 194 valence electrons. The van der Waals surface area contributed by atoms with Gasteiger partial charge >= 0.3 is 0 Å². The Balaban J connectivity index is 1.41. The van der Waals surface area contributed by atoms with Crippen LogP contribution in [0.5, 0.6) is 0 Å². The first kappa shape index (κ1) is 25.1. The lowest BCUT2D eigenvalue weighted by Gasteiger charge is -2.41. The van der Waals surface area contributed by atoms with Gasteiger partial charge in [-0.15, -0.1) is 0 Å². The van der Waals surface area contributed by atoms with Gasteiger partial charge in [0, 0.05) is 54.9 Å². The summed E-state index contributed by atoms with van der Waals surface area (Å²) < 4.78 is 37.5. The summed E-state index contributed by atoms with van der Waals surface area (Å²) in [6, 6.07) is 8.06. The van der Waals surface area contributed by atoms with E-state index in [1.807, 2.05) is 12.3 Å². The minimum absolute atomic E-state index is 0.153. The maximum absolute atomic E-state index is 12.6. The summed E-state index contributed by atoms with van der Waals surface area (Å²) in [5, 5.41) is 9.56. The SMILES string of the molecule is CC(C)c1ccc(N2CC(CS(C)(=O)=O)C2)c2cnc(Nc3ccnc(-c4cnn(CCF)c4)n3)cc12. The van der Waals surface area contributed by atoms with E-state index in [0.717, 1.165) is 29.5 Å². The minimum Gasteiger partial charge on any atom is -0.370 e. The smallest absolute Gasteiger partial charge is 0.164 e. The molecular weight excluding hydrogens is 493 g/mol. The molecule has 1 aliphatic rings. The number of rotatable bonds is 9. The lowest BCUT2D eigenvalue weighted by Crippen LogP contribution is -2.49. The van der Waals surface area contributed by atoms with Gasteiger partial charge in [0.05, 0.1) is 24.1 Å². The number of alkyl halides is 1. The third kappa shape index (κ3) is 5.56. The molecule has 1 fully saturated rings. The summed E-state index contributed by atoms with van der Waals surface area (Å²) >= 11 is 0. The average Bonchev–Trinajstić information content (AvgIpc) is 3.29. The van der Waals surface area contributed by atoms with Crippen molar-refractivity contribution in [3.8, 4) is 11.4 Å². The molecule has 9 nitrogen and oxygen atoms in total. The van der Waals surface area contributed by atoms with Gasteiger partial charge in [-0.2, -0.15) is 5.10 Å². The molecule has 0 radical (unpaired) electrons. The third-order valence-electron chi connectivity index (χ3n) is 6.49. The Morgan fingerprint density at radius 3 is 2.65 bits per heavy atom. The van der Waals surface area contributed by atoms with Crippen molar-refractivity contribution in [1.29, 1.82) is 0 Å². The topological polar surface area (TPSA) is 106 Å². The number of aryl methyl sites for hydroxylation is 1. The standard InChI is InChI=1S/C26H30FN7O2S/c1-17(2)20-4-5-23(33-13-18(14-33)16-37(3,35)36)22-12-29-25(10-21(20)22)31-24-6-8-28-26(32-24)19-11-30-34(15-19)9-7-27/h4-6,8,10-12,15,17-18H,7,9,13-14,16H2,1-3H3,(H,28,29,31,32). The van der Waals surface area contributed by atoms with Crippen molar-refractivity contribution in [3.63, 3.8) is 0 Å². The van der Waals surface area contributed by atoms with Crippen LogP contribution in [-0.4, -0.2) is 64.9 Å². The molecule has 0 amide bonds. The zero-order chi connectivity index (χ0) is 26.2. The van der Waals surface area contributed by atoms with E-state index in [1.54, 1.807) is 24.7 Å². The molecule has 1 N–H and O–H groups in total. The maximum atomic E-state index is 12.6. The molecule has 37 heavy (non-hydrogen) atoms. The Hall–Kier alpha value is -3.60. The molecule has 0 spiro atoms. The normalized spacial score (nSPS) is 14.4. The molecule has 1 aromatic carbocycles. The van der Waals surface area contributed by atoms with Crippen LogP contribution in [0.2, 0.25) is 0 Å². The average molecular weight is 524 g/mol. The van der Waals surface area contributed by atoms with Gasteiger partial charge in [0.15, 0.2) is 5.82 Å². The number of nitrogens with zero attached hydrogens (tertiary/aromatic N) is 6. The second-order valence-electron chi connectivity index (χ2n) is 9.88. The fourth-order valence-electron chi connectivity index (χ4n) is 4.78. The highest BCUT2D eigenvalue weighted by Crippen LogP contribution is 2.37. The van der Waals surface area contributed by atoms with Gasteiger partial charge in [0.2, 0.25) is 0 Å². The molecule has 0 unspecified atom stereocenters. The number of hydrogen-bond acceptors (Lipinski definition) is 8. The second-order valence-corrected chi connectivity index (χ2v) is 12.1. The Kier molecular flexibility index (Phi) is 6.80. The molecule has 0 saturated carbocycles. The minimum atomic E-state index is -2.99. The molecule has 0 bridgehead atoms. The molecule has 5 rings (SSSR count). The van der Waals surface area contributed by atoms with Crippen LogP contribution >= 0.6 is 0 Å². The zero-order valence-corrected chi connectivity index (χ0v) is 21.9. The van der Waals surface area contributed by atoms with E-state index in [0.29, 0.717) is 28.9 Å². The van der Waals surface area contributed by atoms with Crippen LogP contribution in [-0.2, 0) is 16.4 Å². The predicted molar refractivity (Wildman–Crippen MR) is 144 cm³/mol. The van der Waals surface area contributed by atoms with Crippen LogP contribution in [0.25, 0.3) is 22.2 Å². The number of aromatic nitrogens is 5. The second kappa shape index (κ2) is 10.0. The zero-order valence-electron chi connectivity index (χ0n) is 21.1. The highest BCUT2D eigenvalue weighted by molar-refractivity contribution is 7.90. The molecule has 11 heteroatoms. The molecular formula is C26H30FN7O2S. The Morgan fingerprint density at radius 1 is 1.11 bits per heavy atom. The van der Waals surface area contributed by atoms with Crippen LogP contribution in [0.15, 0.2) is 49.1 Å². The van der Waals surface area contributed by atoms with Crippen molar-refractivity contribution in [2.45, 2.75) is 26.3 Å². The number of fused-ring (bicyclic) bond motifs is 1. The number of halogens is 1. The first-order chi connectivity index (χ1) is 17.7. The van der Waals surface area contributed by atoms with Crippen LogP contribution < -0.4 is 10.2 Å². The van der Waals surface area contributed by atoms with E-state index in [-0.39, 0.29) is 18.2 Å². The van der Waals surface area contributed by atoms with Crippen LogP contribution in [0.1, 0.15) is 25.3 Å². The highest BCUT2D eigenvalue weighted by Gasteiger charge is 2.31. The Bertz CT molecular complexity index is 1530. The van der Waals surface area contributed by atoms with E-state index in [4.69, 9.17) is 0 Å². The van der Waals surface area contributed by atoms with Gasteiger partial charge in [-0.25, -0.2) is 27.8 Å². The summed E-state index contributed by atoms with van der Waals surface area (Å²) in [5.74, 6) is 2.41. The first-order valence-corrected chi connectivity index (χ1v) is 14.3. The van der Waals surface area contributed by atoms with Gasteiger partial charge in [0.1, 0.15) is 28.1 Å². The quantitative estimate of drug-likeness (QED) is 0.348. The number of nitrogens with one attached hydrogen (secondary N) is 1. The molecule has 1 saturated heterocycles. The van der Waals surface area contributed by atoms with Crippen molar-refractivity contribution in [2.24, 2.45) is 5.92 Å². The van der Waals surface area contributed by atoms with E-state index >= 15 is 0 Å². The molecule has 4 aromatic rings. The van der Waals surface area contributed by atoms with E-state index in [9.17, 15) is 12.8 Å². The summed E-state index contributed by atoms with van der Waals surface area (Å²) in [6.07, 6.45) is 8.16. The summed E-state index contributed by atoms with van der Waals surface area (Å²) in [5.41, 5.74) is 2.98. The fraction of sp³-hybridized carbons (Fsp3) is 0.385. The van der Waals surface area contributed by atoms with Crippen molar-refractivity contribution < 1.29 is 12.8 Å². The molecule has 4 heterocycles. The van der Waals surface area contributed by atoms with Gasteiger partial charge in [-0.3, -0.25) is 4.68 Å². The van der Waals surface area contributed by atoms with Gasteiger partial charge in [-0.05, 0) is 35.1 Å². The number of sulfone groups is 1. The van der Waals surface area contributed by atoms with Crippen molar-refractivity contribution >= 4 is 37.9 Å². The summed E-state index contributed by atoms with van der Waals surface area (Å²) in [6.45, 7) is 5.45. The largest absolute Gasteiger partial charge is 0.370 e. The van der Waals surface area contributed by atoms with Gasteiger partial charge in [0.25, 0.3) is 0 Å². The summed E-state index contributed by atoms with van der Waals surface area (Å²) in [4.78, 5) is 15.8. The highest BCUT2D eigenvalue weighted by atomic mass is 32.2. The number of benzene rings is 1. The van der Waals surface area contributed by atoms with Crippen LogP contribution in [0, 0.1) is 5.92 Å². The van der Waals surface area contributed by atoms with Gasteiger partial charge < -0.3 is 10.2 Å². The third-order valence-corrected chi connectivity index (χ3v) is 7.56. The number of pyridine rings is 1. The summed E-state index contributed by atoms with van der Waals surface area (Å²) in [7, 11) is -2.99. The number of anilines is 3. The lowest BCUT2D eigenvalue weighted by molar-refractivity contribution is 0.427. The van der Waals surface area contributed by atoms with Gasteiger partial charge in [-0.1, -0.05) is 19.9 Å². The Labute approximate surface area is 215 Å². The number of hydrogen-bond donors (Lipinski definition) is 1. The molecule has 1 aliphatic heterocycles. The van der Waals surface area contributed by atoms with Crippen molar-refractivity contribution in [2.75, 3.05) is 42.0 Å². The lowest BCUT2D eigenvalue weighted by atomic mass is 9.93. The monoisotopic (exact) mass is 523 g/mol. The molecule has 3 aromatic heterocycles. The maximum Gasteiger partial charge on any atom is 0.164 e. The van der Waals surface area contributed by atoms with Crippen LogP contribution in [0.4, 0.5) is 21.7 Å². The van der Waals surface area contributed by atoms with Crippen molar-refractivity contribution in [3.05, 3.63) is 54.6 Å². The Morgan fingerprint density at radius 2 is 1.92 bits per heavy atom. The molecule has 0 aliphatic carbocycles. The first-order valence-electron chi connectivity index (χ1n) is 12.2. The fourth-order valence-corrected chi connectivity index (χ4v) is 5.85. The van der Waals surface area contributed by atoms with Crippen molar-refractivity contribution in [1.82, 2.24) is 24.7 Å². The van der Waals surface area contributed by atoms with Crippen LogP contribution in [0.3, 0.4) is 0 Å². The van der Waals surface area contributed by atoms with E-state index < -0.39 is 16.5 Å². The van der Waals surface area contributed by atoms with E-state index in [2.05, 4.69) is 56.2 Å². The predicted octanol–water partition coefficient (Wildman–Crippen LogP) is 4.21. The molecule has 0 atom stereocenters.